The molecule has 0 aliphatic carbocycles. The molecule has 2 aliphatic heterocycles. The summed E-state index contributed by atoms with van der Waals surface area (Å²) in [5.74, 6) is 8.01. The fourth-order valence-corrected chi connectivity index (χ4v) is 3.16. The molecule has 0 saturated carbocycles. The van der Waals surface area contributed by atoms with Gasteiger partial charge in [-0.15, -0.1) is 0 Å². The standard InChI is InChI=1S/C20H18N4O4/c1-15(4-5-16-6-7-18-19(13-16)28-14-27-18)22-9-11-23(12-10-22)20-17(24(25)26)3-2-8-21-20/h2-3,6-8,13H,1,9-12,14H2. The van der Waals surface area contributed by atoms with Crippen LogP contribution in [0.1, 0.15) is 5.56 Å². The maximum absolute atomic E-state index is 11.2. The highest BCUT2D eigenvalue weighted by Gasteiger charge is 2.24. The predicted octanol–water partition coefficient (Wildman–Crippen LogP) is 2.41. The Morgan fingerprint density at radius 3 is 2.75 bits per heavy atom. The third-order valence-corrected chi connectivity index (χ3v) is 4.65. The van der Waals surface area contributed by atoms with Crippen molar-refractivity contribution >= 4 is 11.5 Å². The van der Waals surface area contributed by atoms with Gasteiger partial charge in [0.25, 0.3) is 0 Å². The van der Waals surface area contributed by atoms with E-state index in [1.165, 1.54) is 6.07 Å². The summed E-state index contributed by atoms with van der Waals surface area (Å²) in [5, 5.41) is 11.2. The van der Waals surface area contributed by atoms with Gasteiger partial charge >= 0.3 is 5.69 Å². The van der Waals surface area contributed by atoms with Gasteiger partial charge in [0.15, 0.2) is 11.5 Å². The monoisotopic (exact) mass is 378 g/mol. The van der Waals surface area contributed by atoms with Crippen molar-refractivity contribution in [1.82, 2.24) is 9.88 Å². The van der Waals surface area contributed by atoms with Gasteiger partial charge < -0.3 is 19.3 Å². The lowest BCUT2D eigenvalue weighted by Gasteiger charge is -2.35. The number of fused-ring (bicyclic) bond motifs is 1. The molecule has 4 rings (SSSR count). The zero-order valence-electron chi connectivity index (χ0n) is 15.1. The van der Waals surface area contributed by atoms with Crippen LogP contribution < -0.4 is 14.4 Å². The number of rotatable bonds is 3. The van der Waals surface area contributed by atoms with Crippen molar-refractivity contribution in [2.45, 2.75) is 0 Å². The van der Waals surface area contributed by atoms with E-state index in [0.717, 1.165) is 11.3 Å². The molecule has 1 saturated heterocycles. The van der Waals surface area contributed by atoms with Crippen LogP contribution in [0.5, 0.6) is 11.5 Å². The Labute approximate surface area is 162 Å². The molecule has 8 nitrogen and oxygen atoms in total. The molecule has 3 heterocycles. The van der Waals surface area contributed by atoms with Crippen molar-refractivity contribution in [3.63, 3.8) is 0 Å². The molecular weight excluding hydrogens is 360 g/mol. The second kappa shape index (κ2) is 7.48. The van der Waals surface area contributed by atoms with Crippen LogP contribution in [0.3, 0.4) is 0 Å². The largest absolute Gasteiger partial charge is 0.454 e. The molecule has 0 N–H and O–H groups in total. The molecule has 1 aromatic carbocycles. The van der Waals surface area contributed by atoms with E-state index < -0.39 is 4.92 Å². The Hall–Kier alpha value is -3.73. The number of allylic oxidation sites excluding steroid dienone is 1. The smallest absolute Gasteiger partial charge is 0.311 e. The lowest BCUT2D eigenvalue weighted by molar-refractivity contribution is -0.384. The molecule has 0 bridgehead atoms. The molecule has 0 radical (unpaired) electrons. The van der Waals surface area contributed by atoms with Crippen LogP contribution in [-0.4, -0.2) is 47.8 Å². The molecule has 28 heavy (non-hydrogen) atoms. The second-order valence-electron chi connectivity index (χ2n) is 6.34. The zero-order chi connectivity index (χ0) is 19.5. The van der Waals surface area contributed by atoms with Crippen LogP contribution in [0.4, 0.5) is 11.5 Å². The van der Waals surface area contributed by atoms with E-state index in [1.54, 1.807) is 12.3 Å². The number of anilines is 1. The highest BCUT2D eigenvalue weighted by Crippen LogP contribution is 2.32. The number of pyridine rings is 1. The second-order valence-corrected chi connectivity index (χ2v) is 6.34. The minimum absolute atomic E-state index is 0.0253. The predicted molar refractivity (Wildman–Crippen MR) is 103 cm³/mol. The Bertz CT molecular complexity index is 987. The maximum atomic E-state index is 11.2. The number of benzene rings is 1. The van der Waals surface area contributed by atoms with Gasteiger partial charge in [-0.25, -0.2) is 4.98 Å². The SMILES string of the molecule is C=C(C#Cc1ccc2c(c1)OCO2)N1CCN(c2ncccc2[N+](=O)[O-])CC1. The average molecular weight is 378 g/mol. The zero-order valence-corrected chi connectivity index (χ0v) is 15.1. The number of ether oxygens (including phenoxy) is 2. The van der Waals surface area contributed by atoms with Crippen molar-refractivity contribution < 1.29 is 14.4 Å². The molecule has 0 atom stereocenters. The fourth-order valence-electron chi connectivity index (χ4n) is 3.16. The molecule has 142 valence electrons. The minimum atomic E-state index is -0.398. The van der Waals surface area contributed by atoms with Crippen molar-refractivity contribution in [3.8, 4) is 23.3 Å². The van der Waals surface area contributed by atoms with Crippen LogP contribution in [0.15, 0.2) is 48.8 Å². The summed E-state index contributed by atoms with van der Waals surface area (Å²) >= 11 is 0. The molecule has 0 spiro atoms. The van der Waals surface area contributed by atoms with Crippen LogP contribution in [0.25, 0.3) is 0 Å². The van der Waals surface area contributed by atoms with Crippen LogP contribution in [0, 0.1) is 22.0 Å². The van der Waals surface area contributed by atoms with Crippen LogP contribution in [-0.2, 0) is 0 Å². The summed E-state index contributed by atoms with van der Waals surface area (Å²) in [5.41, 5.74) is 1.57. The van der Waals surface area contributed by atoms with Gasteiger partial charge in [0.05, 0.1) is 10.6 Å². The maximum Gasteiger partial charge on any atom is 0.311 e. The third-order valence-electron chi connectivity index (χ3n) is 4.65. The van der Waals surface area contributed by atoms with Crippen molar-refractivity contribution in [3.05, 3.63) is 64.5 Å². The van der Waals surface area contributed by atoms with Crippen LogP contribution >= 0.6 is 0 Å². The summed E-state index contributed by atoms with van der Waals surface area (Å²) in [4.78, 5) is 19.0. The summed E-state index contributed by atoms with van der Waals surface area (Å²) in [6.07, 6.45) is 1.57. The van der Waals surface area contributed by atoms with Gasteiger partial charge in [0.2, 0.25) is 12.6 Å². The number of nitrogens with zero attached hydrogens (tertiary/aromatic N) is 4. The molecule has 2 aromatic rings. The van der Waals surface area contributed by atoms with Gasteiger partial charge in [-0.05, 0) is 30.2 Å². The number of hydrogen-bond acceptors (Lipinski definition) is 7. The van der Waals surface area contributed by atoms with Crippen molar-refractivity contribution in [2.24, 2.45) is 0 Å². The number of piperazine rings is 1. The van der Waals surface area contributed by atoms with E-state index in [-0.39, 0.29) is 12.5 Å². The molecule has 1 aromatic heterocycles. The first kappa shape index (κ1) is 17.7. The molecule has 0 amide bonds. The summed E-state index contributed by atoms with van der Waals surface area (Å²) < 4.78 is 10.7. The number of hydrogen-bond donors (Lipinski definition) is 0. The fraction of sp³-hybridized carbons (Fsp3) is 0.250. The van der Waals surface area contributed by atoms with Crippen LogP contribution in [0.2, 0.25) is 0 Å². The minimum Gasteiger partial charge on any atom is -0.454 e. The lowest BCUT2D eigenvalue weighted by atomic mass is 10.2. The first-order valence-electron chi connectivity index (χ1n) is 8.82. The van der Waals surface area contributed by atoms with Gasteiger partial charge in [-0.3, -0.25) is 10.1 Å². The Balaban J connectivity index is 1.39. The van der Waals surface area contributed by atoms with E-state index in [0.29, 0.717) is 43.4 Å². The normalized spacial score (nSPS) is 15.0. The average Bonchev–Trinajstić information content (AvgIpc) is 3.20. The number of nitro groups is 1. The van der Waals surface area contributed by atoms with Gasteiger partial charge in [-0.2, -0.15) is 0 Å². The lowest BCUT2D eigenvalue weighted by Crippen LogP contribution is -2.46. The molecule has 1 fully saturated rings. The molecule has 0 unspecified atom stereocenters. The van der Waals surface area contributed by atoms with E-state index in [2.05, 4.69) is 28.3 Å². The Morgan fingerprint density at radius 2 is 1.96 bits per heavy atom. The highest BCUT2D eigenvalue weighted by atomic mass is 16.7. The summed E-state index contributed by atoms with van der Waals surface area (Å²) in [7, 11) is 0. The quantitative estimate of drug-likeness (QED) is 0.461. The van der Waals surface area contributed by atoms with Crippen molar-refractivity contribution in [1.29, 1.82) is 0 Å². The van der Waals surface area contributed by atoms with Gasteiger partial charge in [0, 0.05) is 44.0 Å². The topological polar surface area (TPSA) is 81.0 Å². The third kappa shape index (κ3) is 3.55. The van der Waals surface area contributed by atoms with E-state index in [1.807, 2.05) is 23.1 Å². The van der Waals surface area contributed by atoms with E-state index in [9.17, 15) is 10.1 Å². The van der Waals surface area contributed by atoms with Crippen molar-refractivity contribution in [2.75, 3.05) is 37.9 Å². The first-order valence-corrected chi connectivity index (χ1v) is 8.82. The highest BCUT2D eigenvalue weighted by molar-refractivity contribution is 5.57. The molecule has 2 aliphatic rings. The van der Waals surface area contributed by atoms with E-state index in [4.69, 9.17) is 9.47 Å². The number of aromatic nitrogens is 1. The molecule has 8 heteroatoms. The Morgan fingerprint density at radius 1 is 1.18 bits per heavy atom. The molecular formula is C20H18N4O4. The van der Waals surface area contributed by atoms with E-state index >= 15 is 0 Å². The van der Waals surface area contributed by atoms with Gasteiger partial charge in [0.1, 0.15) is 0 Å². The summed E-state index contributed by atoms with van der Waals surface area (Å²) in [6, 6.07) is 8.62. The first-order chi connectivity index (χ1) is 13.6. The summed E-state index contributed by atoms with van der Waals surface area (Å²) in [6.45, 7) is 6.86. The van der Waals surface area contributed by atoms with Gasteiger partial charge in [-0.1, -0.05) is 12.5 Å². The Kier molecular flexibility index (Phi) is 4.72.